The zero-order valence-electron chi connectivity index (χ0n) is 15.5. The van der Waals surface area contributed by atoms with Crippen molar-refractivity contribution in [1.82, 2.24) is 19.5 Å². The number of anilines is 1. The van der Waals surface area contributed by atoms with E-state index in [1.54, 1.807) is 31.4 Å². The Labute approximate surface area is 162 Å². The summed E-state index contributed by atoms with van der Waals surface area (Å²) >= 11 is 0. The second kappa shape index (κ2) is 7.79. The van der Waals surface area contributed by atoms with Gasteiger partial charge in [-0.25, -0.2) is 12.7 Å². The van der Waals surface area contributed by atoms with E-state index in [2.05, 4.69) is 20.5 Å². The highest BCUT2D eigenvalue weighted by molar-refractivity contribution is 7.89. The van der Waals surface area contributed by atoms with Gasteiger partial charge in [0, 0.05) is 25.2 Å². The molecule has 0 atom stereocenters. The summed E-state index contributed by atoms with van der Waals surface area (Å²) in [7, 11) is 0.795. The Morgan fingerprint density at radius 1 is 1.14 bits per heavy atom. The number of sulfonamides is 1. The number of aromatic amines is 1. The summed E-state index contributed by atoms with van der Waals surface area (Å²) in [5.74, 6) is 0.749. The van der Waals surface area contributed by atoms with Crippen LogP contribution < -0.4 is 10.1 Å². The number of hydrogen-bond donors (Lipinski definition) is 2. The maximum atomic E-state index is 12.5. The topological polar surface area (TPSA) is 117 Å². The monoisotopic (exact) mass is 401 g/mol. The molecule has 1 amide bonds. The number of methoxy groups -OCH3 is 1. The molecule has 146 valence electrons. The summed E-state index contributed by atoms with van der Waals surface area (Å²) in [5, 5.41) is 9.28. The molecule has 0 radical (unpaired) electrons. The number of aromatic nitrogens is 3. The number of nitrogens with one attached hydrogen (secondary N) is 2. The molecule has 28 heavy (non-hydrogen) atoms. The van der Waals surface area contributed by atoms with Gasteiger partial charge in [-0.05, 0) is 42.5 Å². The number of H-pyrrole nitrogens is 1. The molecular formula is C18H19N5O4S. The van der Waals surface area contributed by atoms with Gasteiger partial charge in [0.1, 0.15) is 5.75 Å². The van der Waals surface area contributed by atoms with E-state index in [-0.39, 0.29) is 16.4 Å². The van der Waals surface area contributed by atoms with Crippen LogP contribution in [0, 0.1) is 0 Å². The highest BCUT2D eigenvalue weighted by atomic mass is 32.2. The predicted octanol–water partition coefficient (Wildman–Crippen LogP) is 1.98. The lowest BCUT2D eigenvalue weighted by molar-refractivity contribution is 0.102. The number of nitrogens with zero attached hydrogens (tertiary/aromatic N) is 3. The fourth-order valence-electron chi connectivity index (χ4n) is 2.38. The molecule has 3 rings (SSSR count). The molecular weight excluding hydrogens is 382 g/mol. The van der Waals surface area contributed by atoms with Gasteiger partial charge in [0.15, 0.2) is 5.82 Å². The van der Waals surface area contributed by atoms with E-state index in [4.69, 9.17) is 4.74 Å². The van der Waals surface area contributed by atoms with E-state index < -0.39 is 15.9 Å². The van der Waals surface area contributed by atoms with Gasteiger partial charge in [-0.1, -0.05) is 6.07 Å². The smallest absolute Gasteiger partial charge is 0.258 e. The molecule has 2 N–H and O–H groups in total. The van der Waals surface area contributed by atoms with Crippen molar-refractivity contribution in [2.75, 3.05) is 26.5 Å². The summed E-state index contributed by atoms with van der Waals surface area (Å²) in [5.41, 5.74) is 0.951. The predicted molar refractivity (Wildman–Crippen MR) is 104 cm³/mol. The van der Waals surface area contributed by atoms with Gasteiger partial charge in [-0.3, -0.25) is 15.2 Å². The first-order valence-electron chi connectivity index (χ1n) is 8.22. The Morgan fingerprint density at radius 3 is 2.50 bits per heavy atom. The normalized spacial score (nSPS) is 11.4. The maximum Gasteiger partial charge on any atom is 0.258 e. The first-order valence-corrected chi connectivity index (χ1v) is 9.66. The van der Waals surface area contributed by atoms with Crippen LogP contribution in [0.3, 0.4) is 0 Å². The standard InChI is InChI=1S/C18H19N5O4S/c1-23(2)28(25,26)15-6-4-5-13(11-15)17(24)20-18-19-16(21-22-18)12-7-9-14(27-3)10-8-12/h4-11H,1-3H3,(H2,19,20,21,22,24). The van der Waals surface area contributed by atoms with Gasteiger partial charge in [0.25, 0.3) is 5.91 Å². The Morgan fingerprint density at radius 2 is 1.86 bits per heavy atom. The number of carbonyl (C=O) groups is 1. The van der Waals surface area contributed by atoms with Crippen LogP contribution in [0.25, 0.3) is 11.4 Å². The summed E-state index contributed by atoms with van der Waals surface area (Å²) in [6.07, 6.45) is 0. The molecule has 0 unspecified atom stereocenters. The average Bonchev–Trinajstić information content (AvgIpc) is 3.16. The van der Waals surface area contributed by atoms with E-state index in [0.29, 0.717) is 11.6 Å². The van der Waals surface area contributed by atoms with Gasteiger partial charge in [0.2, 0.25) is 16.0 Å². The first-order chi connectivity index (χ1) is 13.3. The van der Waals surface area contributed by atoms with E-state index >= 15 is 0 Å². The maximum absolute atomic E-state index is 12.5. The number of hydrogen-bond acceptors (Lipinski definition) is 6. The highest BCUT2D eigenvalue weighted by Gasteiger charge is 2.19. The van der Waals surface area contributed by atoms with Crippen molar-refractivity contribution >= 4 is 21.9 Å². The van der Waals surface area contributed by atoms with E-state index in [1.165, 1.54) is 38.4 Å². The van der Waals surface area contributed by atoms with Crippen LogP contribution in [0.2, 0.25) is 0 Å². The Balaban J connectivity index is 1.78. The van der Waals surface area contributed by atoms with Crippen LogP contribution in [-0.2, 0) is 10.0 Å². The number of ether oxygens (including phenoxy) is 1. The molecule has 0 spiro atoms. The third kappa shape index (κ3) is 4.02. The van der Waals surface area contributed by atoms with Crippen molar-refractivity contribution in [2.45, 2.75) is 4.90 Å². The molecule has 2 aromatic carbocycles. The lowest BCUT2D eigenvalue weighted by Gasteiger charge is -2.11. The van der Waals surface area contributed by atoms with Gasteiger partial charge >= 0.3 is 0 Å². The van der Waals surface area contributed by atoms with Crippen molar-refractivity contribution in [3.8, 4) is 17.1 Å². The average molecular weight is 401 g/mol. The Hall–Kier alpha value is -3.24. The molecule has 0 aliphatic carbocycles. The van der Waals surface area contributed by atoms with Crippen molar-refractivity contribution in [3.05, 3.63) is 54.1 Å². The molecule has 0 fully saturated rings. The van der Waals surface area contributed by atoms with Gasteiger partial charge < -0.3 is 4.74 Å². The number of benzene rings is 2. The molecule has 0 saturated carbocycles. The minimum absolute atomic E-state index is 0.0269. The first kappa shape index (κ1) is 19.5. The molecule has 10 heteroatoms. The van der Waals surface area contributed by atoms with Crippen LogP contribution in [0.4, 0.5) is 5.95 Å². The zero-order chi connectivity index (χ0) is 20.3. The molecule has 3 aromatic rings. The fourth-order valence-corrected chi connectivity index (χ4v) is 3.33. The molecule has 0 aliphatic rings. The van der Waals surface area contributed by atoms with Crippen molar-refractivity contribution in [3.63, 3.8) is 0 Å². The van der Waals surface area contributed by atoms with E-state index in [0.717, 1.165) is 9.87 Å². The van der Waals surface area contributed by atoms with E-state index in [9.17, 15) is 13.2 Å². The third-order valence-electron chi connectivity index (χ3n) is 3.95. The zero-order valence-corrected chi connectivity index (χ0v) is 16.3. The lowest BCUT2D eigenvalue weighted by atomic mass is 10.2. The summed E-state index contributed by atoms with van der Waals surface area (Å²) < 4.78 is 30.6. The van der Waals surface area contributed by atoms with Crippen molar-refractivity contribution in [2.24, 2.45) is 0 Å². The summed E-state index contributed by atoms with van der Waals surface area (Å²) in [6, 6.07) is 12.9. The molecule has 1 heterocycles. The molecule has 0 aliphatic heterocycles. The number of amides is 1. The quantitative estimate of drug-likeness (QED) is 0.652. The van der Waals surface area contributed by atoms with E-state index in [1.807, 2.05) is 0 Å². The van der Waals surface area contributed by atoms with Crippen LogP contribution in [-0.4, -0.2) is 55.0 Å². The minimum Gasteiger partial charge on any atom is -0.497 e. The van der Waals surface area contributed by atoms with Gasteiger partial charge in [-0.2, -0.15) is 4.98 Å². The second-order valence-electron chi connectivity index (χ2n) is 6.01. The molecule has 0 saturated heterocycles. The van der Waals surface area contributed by atoms with Crippen LogP contribution in [0.1, 0.15) is 10.4 Å². The minimum atomic E-state index is -3.64. The van der Waals surface area contributed by atoms with Crippen LogP contribution >= 0.6 is 0 Å². The van der Waals surface area contributed by atoms with Gasteiger partial charge in [0.05, 0.1) is 12.0 Å². The summed E-state index contributed by atoms with van der Waals surface area (Å²) in [6.45, 7) is 0. The second-order valence-corrected chi connectivity index (χ2v) is 8.16. The van der Waals surface area contributed by atoms with Crippen molar-refractivity contribution < 1.29 is 17.9 Å². The van der Waals surface area contributed by atoms with Gasteiger partial charge in [-0.15, -0.1) is 5.10 Å². The third-order valence-corrected chi connectivity index (χ3v) is 5.76. The van der Waals surface area contributed by atoms with Crippen LogP contribution in [0.5, 0.6) is 5.75 Å². The fraction of sp³-hybridized carbons (Fsp3) is 0.167. The number of rotatable bonds is 6. The molecule has 9 nitrogen and oxygen atoms in total. The highest BCUT2D eigenvalue weighted by Crippen LogP contribution is 2.20. The lowest BCUT2D eigenvalue weighted by Crippen LogP contribution is -2.22. The summed E-state index contributed by atoms with van der Waals surface area (Å²) in [4.78, 5) is 16.7. The SMILES string of the molecule is COc1ccc(-c2nc(NC(=O)c3cccc(S(=O)(=O)N(C)C)c3)n[nH]2)cc1. The molecule has 0 bridgehead atoms. The van der Waals surface area contributed by atoms with Crippen LogP contribution in [0.15, 0.2) is 53.4 Å². The number of carbonyl (C=O) groups excluding carboxylic acids is 1. The Bertz CT molecular complexity index is 1090. The largest absolute Gasteiger partial charge is 0.497 e. The Kier molecular flexibility index (Phi) is 5.43. The van der Waals surface area contributed by atoms with Crippen molar-refractivity contribution in [1.29, 1.82) is 0 Å². The molecule has 1 aromatic heterocycles.